The zero-order valence-corrected chi connectivity index (χ0v) is 14.6. The second-order valence-corrected chi connectivity index (χ2v) is 6.80. The second kappa shape index (κ2) is 7.51. The van der Waals surface area contributed by atoms with Gasteiger partial charge in [-0.1, -0.05) is 29.8 Å². The molecular weight excluding hydrogens is 324 g/mol. The van der Waals surface area contributed by atoms with Crippen molar-refractivity contribution < 1.29 is 9.84 Å². The maximum absolute atomic E-state index is 9.95. The van der Waals surface area contributed by atoms with Crippen LogP contribution < -0.4 is 5.32 Å². The van der Waals surface area contributed by atoms with E-state index in [-0.39, 0.29) is 11.2 Å². The number of hydrogen-bond donors (Lipinski definition) is 2. The zero-order valence-electron chi connectivity index (χ0n) is 13.9. The summed E-state index contributed by atoms with van der Waals surface area (Å²) in [6.07, 6.45) is 1.86. The van der Waals surface area contributed by atoms with Crippen molar-refractivity contribution in [2.75, 3.05) is 19.8 Å². The number of aromatic nitrogens is 1. The topological polar surface area (TPSA) is 54.4 Å². The molecule has 1 fully saturated rings. The van der Waals surface area contributed by atoms with E-state index in [4.69, 9.17) is 16.3 Å². The smallest absolute Gasteiger partial charge is 0.138 e. The van der Waals surface area contributed by atoms with Gasteiger partial charge < -0.3 is 15.2 Å². The number of hydrogen-bond acceptors (Lipinski definition) is 4. The summed E-state index contributed by atoms with van der Waals surface area (Å²) in [6.45, 7) is 4.70. The largest absolute Gasteiger partial charge is 0.506 e. The number of aryl methyl sites for hydroxylation is 1. The molecule has 1 aromatic heterocycles. The summed E-state index contributed by atoms with van der Waals surface area (Å²) in [5.74, 6) is 0.229. The Balaban J connectivity index is 1.76. The molecule has 0 radical (unpaired) electrons. The Morgan fingerprint density at radius 1 is 1.21 bits per heavy atom. The van der Waals surface area contributed by atoms with Gasteiger partial charge >= 0.3 is 0 Å². The van der Waals surface area contributed by atoms with E-state index in [0.717, 1.165) is 43.3 Å². The molecule has 1 aliphatic rings. The van der Waals surface area contributed by atoms with Crippen LogP contribution in [-0.4, -0.2) is 29.8 Å². The highest BCUT2D eigenvalue weighted by molar-refractivity contribution is 6.31. The SMILES string of the molecule is Cc1ccc(O)c(CNCC2(c3ccccc3Cl)CCOCC2)n1. The maximum Gasteiger partial charge on any atom is 0.138 e. The Bertz CT molecular complexity index is 700. The lowest BCUT2D eigenvalue weighted by Crippen LogP contribution is -2.43. The van der Waals surface area contributed by atoms with Gasteiger partial charge in [0.25, 0.3) is 0 Å². The van der Waals surface area contributed by atoms with Crippen LogP contribution in [0.3, 0.4) is 0 Å². The van der Waals surface area contributed by atoms with Crippen LogP contribution in [0.25, 0.3) is 0 Å². The van der Waals surface area contributed by atoms with Crippen molar-refractivity contribution in [1.29, 1.82) is 0 Å². The van der Waals surface area contributed by atoms with E-state index in [1.54, 1.807) is 6.07 Å². The number of pyridine rings is 1. The van der Waals surface area contributed by atoms with Gasteiger partial charge in [-0.25, -0.2) is 0 Å². The standard InChI is InChI=1S/C19H23ClN2O2/c1-14-6-7-18(23)17(22-14)12-21-13-19(8-10-24-11-9-19)15-4-2-3-5-16(15)20/h2-7,21,23H,8-13H2,1H3. The van der Waals surface area contributed by atoms with Crippen molar-refractivity contribution in [2.24, 2.45) is 0 Å². The van der Waals surface area contributed by atoms with Crippen LogP contribution in [-0.2, 0) is 16.7 Å². The van der Waals surface area contributed by atoms with Gasteiger partial charge in [0.15, 0.2) is 0 Å². The number of aromatic hydroxyl groups is 1. The van der Waals surface area contributed by atoms with E-state index in [2.05, 4.69) is 16.4 Å². The van der Waals surface area contributed by atoms with E-state index in [9.17, 15) is 5.11 Å². The average molecular weight is 347 g/mol. The number of ether oxygens (including phenoxy) is 1. The fraction of sp³-hybridized carbons (Fsp3) is 0.421. The first-order chi connectivity index (χ1) is 11.6. The lowest BCUT2D eigenvalue weighted by atomic mass is 9.74. The van der Waals surface area contributed by atoms with Crippen LogP contribution in [0.1, 0.15) is 29.8 Å². The molecule has 0 unspecified atom stereocenters. The van der Waals surface area contributed by atoms with Crippen molar-refractivity contribution in [3.05, 3.63) is 58.4 Å². The molecule has 1 saturated heterocycles. The van der Waals surface area contributed by atoms with E-state index >= 15 is 0 Å². The monoisotopic (exact) mass is 346 g/mol. The number of nitrogens with one attached hydrogen (secondary N) is 1. The fourth-order valence-corrected chi connectivity index (χ4v) is 3.68. The van der Waals surface area contributed by atoms with Crippen molar-refractivity contribution in [3.63, 3.8) is 0 Å². The van der Waals surface area contributed by atoms with Gasteiger partial charge in [0.2, 0.25) is 0 Å². The van der Waals surface area contributed by atoms with Gasteiger partial charge in [-0.05, 0) is 43.5 Å². The molecule has 1 aromatic carbocycles. The molecule has 0 atom stereocenters. The van der Waals surface area contributed by atoms with Gasteiger partial charge in [-0.2, -0.15) is 0 Å². The Morgan fingerprint density at radius 3 is 2.71 bits per heavy atom. The molecule has 0 spiro atoms. The predicted molar refractivity (Wildman–Crippen MR) is 95.5 cm³/mol. The number of benzene rings is 1. The third-order valence-corrected chi connectivity index (χ3v) is 5.07. The molecule has 2 heterocycles. The minimum atomic E-state index is -0.0456. The Morgan fingerprint density at radius 2 is 1.96 bits per heavy atom. The first kappa shape index (κ1) is 17.2. The summed E-state index contributed by atoms with van der Waals surface area (Å²) in [6, 6.07) is 11.5. The first-order valence-electron chi connectivity index (χ1n) is 8.30. The first-order valence-corrected chi connectivity index (χ1v) is 8.67. The van der Waals surface area contributed by atoms with Gasteiger partial charge in [-0.15, -0.1) is 0 Å². The molecule has 4 nitrogen and oxygen atoms in total. The number of rotatable bonds is 5. The predicted octanol–water partition coefficient (Wildman–Crippen LogP) is 3.59. The molecule has 128 valence electrons. The summed E-state index contributed by atoms with van der Waals surface area (Å²) in [4.78, 5) is 4.41. The second-order valence-electron chi connectivity index (χ2n) is 6.39. The summed E-state index contributed by atoms with van der Waals surface area (Å²) in [7, 11) is 0. The van der Waals surface area contributed by atoms with Crippen LogP contribution in [0, 0.1) is 6.92 Å². The summed E-state index contributed by atoms with van der Waals surface area (Å²) < 4.78 is 5.56. The molecule has 24 heavy (non-hydrogen) atoms. The van der Waals surface area contributed by atoms with Crippen molar-refractivity contribution in [1.82, 2.24) is 10.3 Å². The third-order valence-electron chi connectivity index (χ3n) is 4.74. The van der Waals surface area contributed by atoms with Gasteiger partial charge in [0.05, 0.1) is 5.69 Å². The molecule has 1 aliphatic heterocycles. The maximum atomic E-state index is 9.95. The molecule has 0 bridgehead atoms. The van der Waals surface area contributed by atoms with Crippen molar-refractivity contribution in [2.45, 2.75) is 31.7 Å². The van der Waals surface area contributed by atoms with Gasteiger partial charge in [0.1, 0.15) is 5.75 Å². The average Bonchev–Trinajstić information content (AvgIpc) is 2.59. The van der Waals surface area contributed by atoms with Crippen LogP contribution in [0.5, 0.6) is 5.75 Å². The Hall–Kier alpha value is -1.62. The molecule has 0 saturated carbocycles. The minimum Gasteiger partial charge on any atom is -0.506 e. The van der Waals surface area contributed by atoms with Crippen LogP contribution in [0.2, 0.25) is 5.02 Å². The quantitative estimate of drug-likeness (QED) is 0.868. The summed E-state index contributed by atoms with van der Waals surface area (Å²) in [5, 5.41) is 14.2. The lowest BCUT2D eigenvalue weighted by molar-refractivity contribution is 0.0497. The minimum absolute atomic E-state index is 0.0456. The fourth-order valence-electron chi connectivity index (χ4n) is 3.35. The van der Waals surface area contributed by atoms with Crippen LogP contribution in [0.15, 0.2) is 36.4 Å². The van der Waals surface area contributed by atoms with Crippen molar-refractivity contribution in [3.8, 4) is 5.75 Å². The molecule has 0 amide bonds. The highest BCUT2D eigenvalue weighted by atomic mass is 35.5. The molecule has 0 aliphatic carbocycles. The normalized spacial score (nSPS) is 16.9. The highest BCUT2D eigenvalue weighted by Crippen LogP contribution is 2.38. The van der Waals surface area contributed by atoms with Crippen LogP contribution in [0.4, 0.5) is 0 Å². The summed E-state index contributed by atoms with van der Waals surface area (Å²) in [5.41, 5.74) is 2.70. The zero-order chi connectivity index (χ0) is 17.0. The van der Waals surface area contributed by atoms with E-state index in [1.165, 1.54) is 5.56 Å². The van der Waals surface area contributed by atoms with E-state index in [0.29, 0.717) is 12.2 Å². The number of halogens is 1. The lowest BCUT2D eigenvalue weighted by Gasteiger charge is -2.38. The van der Waals surface area contributed by atoms with Crippen molar-refractivity contribution >= 4 is 11.6 Å². The van der Waals surface area contributed by atoms with Crippen LogP contribution >= 0.6 is 11.6 Å². The highest BCUT2D eigenvalue weighted by Gasteiger charge is 2.35. The summed E-state index contributed by atoms with van der Waals surface area (Å²) >= 11 is 6.47. The van der Waals surface area contributed by atoms with E-state index < -0.39 is 0 Å². The molecule has 5 heteroatoms. The molecule has 3 rings (SSSR count). The Kier molecular flexibility index (Phi) is 5.39. The van der Waals surface area contributed by atoms with Gasteiger partial charge in [0, 0.05) is 42.4 Å². The van der Waals surface area contributed by atoms with Gasteiger partial charge in [-0.3, -0.25) is 4.98 Å². The molecular formula is C19H23ClN2O2. The van der Waals surface area contributed by atoms with E-state index in [1.807, 2.05) is 31.2 Å². The molecule has 2 aromatic rings. The third kappa shape index (κ3) is 3.72. The number of nitrogens with zero attached hydrogens (tertiary/aromatic N) is 1. The molecule has 2 N–H and O–H groups in total. The Labute approximate surface area is 147 Å².